The van der Waals surface area contributed by atoms with Gasteiger partial charge in [0.2, 0.25) is 0 Å². The Morgan fingerprint density at radius 3 is 2.82 bits per heavy atom. The first-order chi connectivity index (χ1) is 8.08. The Morgan fingerprint density at radius 1 is 1.53 bits per heavy atom. The third-order valence-corrected chi connectivity index (χ3v) is 3.22. The Morgan fingerprint density at radius 2 is 2.29 bits per heavy atom. The van der Waals surface area contributed by atoms with Crippen LogP contribution in [0, 0.1) is 17.0 Å². The molecule has 2 rings (SSSR count). The molecule has 2 aromatic rings. The molecule has 0 atom stereocenters. The van der Waals surface area contributed by atoms with Crippen molar-refractivity contribution in [1.29, 1.82) is 0 Å². The Hall–Kier alpha value is -1.90. The maximum Gasteiger partial charge on any atom is 0.307 e. The molecule has 0 unspecified atom stereocenters. The summed E-state index contributed by atoms with van der Waals surface area (Å²) in [5.74, 6) is 1.28. The summed E-state index contributed by atoms with van der Waals surface area (Å²) in [7, 11) is 1.86. The van der Waals surface area contributed by atoms with Gasteiger partial charge in [0.1, 0.15) is 18.2 Å². The standard InChI is InChI=1S/C8H10N6O2S/c1-6-10-11-8(12(6)2)17-5-13-4-7(3-9-13)14(15)16/h3-4H,5H2,1-2H3. The van der Waals surface area contributed by atoms with E-state index in [2.05, 4.69) is 15.3 Å². The van der Waals surface area contributed by atoms with Crippen molar-refractivity contribution in [1.82, 2.24) is 24.5 Å². The minimum Gasteiger partial charge on any atom is -0.309 e. The van der Waals surface area contributed by atoms with E-state index >= 15 is 0 Å². The van der Waals surface area contributed by atoms with Crippen LogP contribution >= 0.6 is 11.8 Å². The van der Waals surface area contributed by atoms with Gasteiger partial charge in [-0.15, -0.1) is 10.2 Å². The first-order valence-corrected chi connectivity index (χ1v) is 5.72. The molecule has 9 heteroatoms. The summed E-state index contributed by atoms with van der Waals surface area (Å²) >= 11 is 1.41. The van der Waals surface area contributed by atoms with Crippen molar-refractivity contribution in [2.75, 3.05) is 0 Å². The van der Waals surface area contributed by atoms with E-state index in [9.17, 15) is 10.1 Å². The van der Waals surface area contributed by atoms with Crippen LogP contribution in [0.4, 0.5) is 5.69 Å². The molecule has 0 N–H and O–H groups in total. The summed E-state index contributed by atoms with van der Waals surface area (Å²) in [6.07, 6.45) is 2.61. The van der Waals surface area contributed by atoms with E-state index in [-0.39, 0.29) is 5.69 Å². The molecule has 8 nitrogen and oxygen atoms in total. The predicted octanol–water partition coefficient (Wildman–Crippen LogP) is 0.978. The van der Waals surface area contributed by atoms with Crippen molar-refractivity contribution >= 4 is 17.4 Å². The van der Waals surface area contributed by atoms with E-state index in [1.54, 1.807) is 0 Å². The smallest absolute Gasteiger partial charge is 0.307 e. The number of thioether (sulfide) groups is 1. The molecule has 0 amide bonds. The van der Waals surface area contributed by atoms with E-state index in [1.807, 2.05) is 18.5 Å². The Kier molecular flexibility index (Phi) is 3.09. The van der Waals surface area contributed by atoms with E-state index in [0.29, 0.717) is 5.88 Å². The lowest BCUT2D eigenvalue weighted by Gasteiger charge is -2.00. The van der Waals surface area contributed by atoms with Crippen LogP contribution in [0.15, 0.2) is 17.6 Å². The number of hydrogen-bond acceptors (Lipinski definition) is 6. The predicted molar refractivity (Wildman–Crippen MR) is 60.5 cm³/mol. The van der Waals surface area contributed by atoms with Gasteiger partial charge in [-0.05, 0) is 6.92 Å². The van der Waals surface area contributed by atoms with Crippen molar-refractivity contribution in [3.8, 4) is 0 Å². The fourth-order valence-electron chi connectivity index (χ4n) is 1.15. The average molecular weight is 254 g/mol. The lowest BCUT2D eigenvalue weighted by molar-refractivity contribution is -0.385. The summed E-state index contributed by atoms with van der Waals surface area (Å²) in [4.78, 5) is 9.99. The zero-order chi connectivity index (χ0) is 12.4. The third kappa shape index (κ3) is 2.44. The molecule has 0 aliphatic carbocycles. The van der Waals surface area contributed by atoms with Crippen molar-refractivity contribution in [2.24, 2.45) is 7.05 Å². The van der Waals surface area contributed by atoms with Crippen LogP contribution in [0.1, 0.15) is 5.82 Å². The highest BCUT2D eigenvalue weighted by molar-refractivity contribution is 7.98. The molecule has 0 aliphatic rings. The summed E-state index contributed by atoms with van der Waals surface area (Å²) in [6, 6.07) is 0. The number of aromatic nitrogens is 5. The molecular weight excluding hydrogens is 244 g/mol. The van der Waals surface area contributed by atoms with Gasteiger partial charge < -0.3 is 4.57 Å². The van der Waals surface area contributed by atoms with Crippen LogP contribution in [0.25, 0.3) is 0 Å². The van der Waals surface area contributed by atoms with Crippen LogP contribution in [-0.2, 0) is 12.9 Å². The number of nitro groups is 1. The first kappa shape index (κ1) is 11.6. The Bertz CT molecular complexity index is 548. The molecule has 0 aromatic carbocycles. The van der Waals surface area contributed by atoms with Gasteiger partial charge in [-0.2, -0.15) is 5.10 Å². The first-order valence-electron chi connectivity index (χ1n) is 4.73. The second-order valence-corrected chi connectivity index (χ2v) is 4.27. The van der Waals surface area contributed by atoms with E-state index in [4.69, 9.17) is 0 Å². The van der Waals surface area contributed by atoms with E-state index < -0.39 is 4.92 Å². The van der Waals surface area contributed by atoms with Crippen molar-refractivity contribution in [3.63, 3.8) is 0 Å². The van der Waals surface area contributed by atoms with Crippen molar-refractivity contribution in [2.45, 2.75) is 18.0 Å². The highest BCUT2D eigenvalue weighted by Gasteiger charge is 2.10. The maximum absolute atomic E-state index is 10.5. The second kappa shape index (κ2) is 4.53. The minimum absolute atomic E-state index is 0.0141. The Balaban J connectivity index is 2.02. The van der Waals surface area contributed by atoms with Crippen molar-refractivity contribution in [3.05, 3.63) is 28.3 Å². The fraction of sp³-hybridized carbons (Fsp3) is 0.375. The van der Waals surface area contributed by atoms with Gasteiger partial charge in [-0.3, -0.25) is 14.8 Å². The molecule has 0 radical (unpaired) electrons. The number of rotatable bonds is 4. The van der Waals surface area contributed by atoms with Crippen LogP contribution in [0.2, 0.25) is 0 Å². The normalized spacial score (nSPS) is 10.7. The number of nitrogens with zero attached hydrogens (tertiary/aromatic N) is 6. The van der Waals surface area contributed by atoms with E-state index in [1.165, 1.54) is 28.8 Å². The lowest BCUT2D eigenvalue weighted by atomic mass is 10.6. The monoisotopic (exact) mass is 254 g/mol. The van der Waals surface area contributed by atoms with Crippen LogP contribution < -0.4 is 0 Å². The molecule has 0 spiro atoms. The summed E-state index contributed by atoms with van der Waals surface area (Å²) in [5.41, 5.74) is -0.0141. The second-order valence-electron chi connectivity index (χ2n) is 3.36. The van der Waals surface area contributed by atoms with Gasteiger partial charge in [-0.1, -0.05) is 11.8 Å². The van der Waals surface area contributed by atoms with Gasteiger partial charge in [0.15, 0.2) is 5.16 Å². The summed E-state index contributed by atoms with van der Waals surface area (Å²) in [6.45, 7) is 1.86. The quantitative estimate of drug-likeness (QED) is 0.459. The zero-order valence-corrected chi connectivity index (χ0v) is 10.1. The highest BCUT2D eigenvalue weighted by Crippen LogP contribution is 2.18. The molecular formula is C8H10N6O2S. The Labute approximate surface area is 101 Å². The molecule has 17 heavy (non-hydrogen) atoms. The van der Waals surface area contributed by atoms with Gasteiger partial charge in [0.25, 0.3) is 0 Å². The third-order valence-electron chi connectivity index (χ3n) is 2.21. The molecule has 0 fully saturated rings. The van der Waals surface area contributed by atoms with E-state index in [0.717, 1.165) is 11.0 Å². The molecule has 2 aromatic heterocycles. The highest BCUT2D eigenvalue weighted by atomic mass is 32.2. The zero-order valence-electron chi connectivity index (χ0n) is 9.27. The fourth-order valence-corrected chi connectivity index (χ4v) is 1.97. The summed E-state index contributed by atoms with van der Waals surface area (Å²) in [5, 5.41) is 23.0. The van der Waals surface area contributed by atoms with Gasteiger partial charge in [0.05, 0.1) is 10.8 Å². The largest absolute Gasteiger partial charge is 0.309 e. The van der Waals surface area contributed by atoms with Crippen LogP contribution in [0.3, 0.4) is 0 Å². The van der Waals surface area contributed by atoms with Crippen LogP contribution in [0.5, 0.6) is 0 Å². The van der Waals surface area contributed by atoms with Crippen molar-refractivity contribution < 1.29 is 4.92 Å². The molecule has 0 saturated heterocycles. The minimum atomic E-state index is -0.472. The van der Waals surface area contributed by atoms with Crippen LogP contribution in [-0.4, -0.2) is 29.5 Å². The number of aryl methyl sites for hydroxylation is 1. The molecule has 2 heterocycles. The lowest BCUT2D eigenvalue weighted by Crippen LogP contribution is -1.98. The number of hydrogen-bond donors (Lipinski definition) is 0. The SMILES string of the molecule is Cc1nnc(SCn2cc([N+](=O)[O-])cn2)n1C. The molecule has 0 bridgehead atoms. The maximum atomic E-state index is 10.5. The molecule has 0 aliphatic heterocycles. The summed E-state index contributed by atoms with van der Waals surface area (Å²) < 4.78 is 3.34. The molecule has 0 saturated carbocycles. The van der Waals surface area contributed by atoms with Gasteiger partial charge in [0, 0.05) is 7.05 Å². The molecule has 90 valence electrons. The van der Waals surface area contributed by atoms with Gasteiger partial charge in [-0.25, -0.2) is 0 Å². The topological polar surface area (TPSA) is 91.7 Å². The average Bonchev–Trinajstić information content (AvgIpc) is 2.86. The van der Waals surface area contributed by atoms with Gasteiger partial charge >= 0.3 is 5.69 Å².